The normalized spacial score (nSPS) is 13.6. The van der Waals surface area contributed by atoms with Crippen molar-refractivity contribution in [1.82, 2.24) is 14.8 Å². The van der Waals surface area contributed by atoms with E-state index in [0.29, 0.717) is 24.7 Å². The summed E-state index contributed by atoms with van der Waals surface area (Å²) in [6.07, 6.45) is 4.24. The molecule has 0 amide bonds. The van der Waals surface area contributed by atoms with Gasteiger partial charge in [-0.05, 0) is 12.1 Å². The lowest BCUT2D eigenvalue weighted by molar-refractivity contribution is -0.134. The third-order valence-electron chi connectivity index (χ3n) is 2.98. The Morgan fingerprint density at radius 2 is 2.18 bits per heavy atom. The summed E-state index contributed by atoms with van der Waals surface area (Å²) in [5.41, 5.74) is 0.945. The SMILES string of the molecule is COC(=O)/C(=C\Nc1ccc2c(c1)OCCO2)n1cncn1. The van der Waals surface area contributed by atoms with Gasteiger partial charge >= 0.3 is 5.97 Å². The number of hydrogen-bond acceptors (Lipinski definition) is 7. The van der Waals surface area contributed by atoms with Crippen LogP contribution in [0.25, 0.3) is 5.70 Å². The van der Waals surface area contributed by atoms with Crippen LogP contribution in [-0.2, 0) is 9.53 Å². The summed E-state index contributed by atoms with van der Waals surface area (Å²) in [5, 5.41) is 6.93. The zero-order chi connectivity index (χ0) is 15.4. The molecule has 1 aliphatic rings. The highest BCUT2D eigenvalue weighted by molar-refractivity contribution is 6.09. The number of rotatable bonds is 4. The van der Waals surface area contributed by atoms with E-state index in [-0.39, 0.29) is 5.70 Å². The van der Waals surface area contributed by atoms with Crippen LogP contribution in [0.4, 0.5) is 5.69 Å². The molecule has 1 aromatic carbocycles. The molecule has 2 aromatic rings. The molecular weight excluding hydrogens is 288 g/mol. The number of anilines is 1. The van der Waals surface area contributed by atoms with E-state index in [2.05, 4.69) is 15.4 Å². The summed E-state index contributed by atoms with van der Waals surface area (Å²) in [6.45, 7) is 1.05. The summed E-state index contributed by atoms with van der Waals surface area (Å²) in [7, 11) is 1.30. The quantitative estimate of drug-likeness (QED) is 0.669. The second kappa shape index (κ2) is 6.17. The van der Waals surface area contributed by atoms with Crippen LogP contribution in [0.5, 0.6) is 11.5 Å². The Bertz CT molecular complexity index is 697. The minimum Gasteiger partial charge on any atom is -0.486 e. The van der Waals surface area contributed by atoms with Gasteiger partial charge in [0, 0.05) is 18.0 Å². The van der Waals surface area contributed by atoms with Crippen molar-refractivity contribution in [3.8, 4) is 11.5 Å². The van der Waals surface area contributed by atoms with E-state index in [1.54, 1.807) is 12.1 Å². The maximum absolute atomic E-state index is 11.8. The second-order valence-corrected chi connectivity index (χ2v) is 4.36. The fourth-order valence-electron chi connectivity index (χ4n) is 1.94. The van der Waals surface area contributed by atoms with E-state index < -0.39 is 5.97 Å². The molecular formula is C14H14N4O4. The summed E-state index contributed by atoms with van der Waals surface area (Å²) in [4.78, 5) is 15.6. The first-order valence-corrected chi connectivity index (χ1v) is 6.57. The van der Waals surface area contributed by atoms with Crippen molar-refractivity contribution >= 4 is 17.4 Å². The van der Waals surface area contributed by atoms with Crippen LogP contribution in [0.15, 0.2) is 37.1 Å². The molecule has 2 heterocycles. The summed E-state index contributed by atoms with van der Waals surface area (Å²) < 4.78 is 17.0. The van der Waals surface area contributed by atoms with E-state index >= 15 is 0 Å². The average Bonchev–Trinajstić information content (AvgIpc) is 3.09. The highest BCUT2D eigenvalue weighted by atomic mass is 16.6. The molecule has 0 saturated heterocycles. The molecule has 1 aromatic heterocycles. The first-order valence-electron chi connectivity index (χ1n) is 6.57. The van der Waals surface area contributed by atoms with Crippen molar-refractivity contribution in [2.24, 2.45) is 0 Å². The van der Waals surface area contributed by atoms with E-state index in [1.165, 1.54) is 30.6 Å². The summed E-state index contributed by atoms with van der Waals surface area (Å²) >= 11 is 0. The van der Waals surface area contributed by atoms with Crippen LogP contribution in [0.3, 0.4) is 0 Å². The molecule has 3 rings (SSSR count). The van der Waals surface area contributed by atoms with Crippen molar-refractivity contribution in [1.29, 1.82) is 0 Å². The topological polar surface area (TPSA) is 87.5 Å². The monoisotopic (exact) mass is 302 g/mol. The van der Waals surface area contributed by atoms with Crippen LogP contribution < -0.4 is 14.8 Å². The lowest BCUT2D eigenvalue weighted by Gasteiger charge is -2.18. The molecule has 0 saturated carbocycles. The number of carbonyl (C=O) groups excluding carboxylic acids is 1. The number of carbonyl (C=O) groups is 1. The van der Waals surface area contributed by atoms with Crippen LogP contribution in [0.1, 0.15) is 0 Å². The Hall–Kier alpha value is -3.03. The summed E-state index contributed by atoms with van der Waals surface area (Å²) in [5.74, 6) is 0.825. The molecule has 22 heavy (non-hydrogen) atoms. The zero-order valence-corrected chi connectivity index (χ0v) is 11.9. The molecule has 114 valence electrons. The van der Waals surface area contributed by atoms with Crippen LogP contribution in [-0.4, -0.2) is 41.1 Å². The van der Waals surface area contributed by atoms with Gasteiger partial charge in [0.05, 0.1) is 7.11 Å². The van der Waals surface area contributed by atoms with Crippen molar-refractivity contribution in [2.45, 2.75) is 0 Å². The van der Waals surface area contributed by atoms with E-state index in [9.17, 15) is 4.79 Å². The zero-order valence-electron chi connectivity index (χ0n) is 11.9. The fraction of sp³-hybridized carbons (Fsp3) is 0.214. The number of nitrogens with one attached hydrogen (secondary N) is 1. The van der Waals surface area contributed by atoms with E-state index in [1.807, 2.05) is 6.07 Å². The number of esters is 1. The summed E-state index contributed by atoms with van der Waals surface area (Å²) in [6, 6.07) is 5.42. The van der Waals surface area contributed by atoms with Crippen LogP contribution >= 0.6 is 0 Å². The number of methoxy groups -OCH3 is 1. The molecule has 1 N–H and O–H groups in total. The molecule has 0 atom stereocenters. The van der Waals surface area contributed by atoms with Crippen LogP contribution in [0.2, 0.25) is 0 Å². The van der Waals surface area contributed by atoms with Gasteiger partial charge in [0.1, 0.15) is 25.9 Å². The van der Waals surface area contributed by atoms with Gasteiger partial charge in [-0.1, -0.05) is 0 Å². The maximum atomic E-state index is 11.8. The molecule has 0 fully saturated rings. The predicted molar refractivity (Wildman–Crippen MR) is 77.4 cm³/mol. The molecule has 0 bridgehead atoms. The minimum atomic E-state index is -0.532. The molecule has 8 nitrogen and oxygen atoms in total. The molecule has 0 spiro atoms. The lowest BCUT2D eigenvalue weighted by Crippen LogP contribution is -2.15. The van der Waals surface area contributed by atoms with Crippen LogP contribution in [0, 0.1) is 0 Å². The standard InChI is InChI=1S/C14H14N4O4/c1-20-14(19)11(18-9-15-8-17-18)7-16-10-2-3-12-13(6-10)22-5-4-21-12/h2-3,6-9,16H,4-5H2,1H3/b11-7+. The van der Waals surface area contributed by atoms with Gasteiger partial charge < -0.3 is 19.5 Å². The fourth-order valence-corrected chi connectivity index (χ4v) is 1.94. The smallest absolute Gasteiger partial charge is 0.358 e. The van der Waals surface area contributed by atoms with Crippen molar-refractivity contribution in [2.75, 3.05) is 25.6 Å². The van der Waals surface area contributed by atoms with Gasteiger partial charge in [0.25, 0.3) is 0 Å². The molecule has 1 aliphatic heterocycles. The van der Waals surface area contributed by atoms with E-state index in [4.69, 9.17) is 14.2 Å². The maximum Gasteiger partial charge on any atom is 0.358 e. The Balaban J connectivity index is 1.83. The Morgan fingerprint density at radius 1 is 1.36 bits per heavy atom. The van der Waals surface area contributed by atoms with E-state index in [0.717, 1.165) is 5.69 Å². The van der Waals surface area contributed by atoms with Gasteiger partial charge in [-0.15, -0.1) is 0 Å². The molecule has 0 unspecified atom stereocenters. The highest BCUT2D eigenvalue weighted by Gasteiger charge is 2.14. The largest absolute Gasteiger partial charge is 0.486 e. The predicted octanol–water partition coefficient (Wildman–Crippen LogP) is 1.13. The molecule has 0 radical (unpaired) electrons. The number of hydrogen-bond donors (Lipinski definition) is 1. The number of ether oxygens (including phenoxy) is 3. The first kappa shape index (κ1) is 13.9. The lowest BCUT2D eigenvalue weighted by atomic mass is 10.2. The van der Waals surface area contributed by atoms with Gasteiger partial charge in [-0.25, -0.2) is 14.5 Å². The van der Waals surface area contributed by atoms with Crippen molar-refractivity contribution < 1.29 is 19.0 Å². The number of fused-ring (bicyclic) bond motifs is 1. The Kier molecular flexibility index (Phi) is 3.90. The van der Waals surface area contributed by atoms with Gasteiger partial charge in [0.2, 0.25) is 0 Å². The van der Waals surface area contributed by atoms with Gasteiger partial charge in [-0.3, -0.25) is 0 Å². The van der Waals surface area contributed by atoms with Gasteiger partial charge in [-0.2, -0.15) is 5.10 Å². The number of nitrogens with zero attached hydrogens (tertiary/aromatic N) is 3. The van der Waals surface area contributed by atoms with Crippen molar-refractivity contribution in [3.63, 3.8) is 0 Å². The Labute approximate surface area is 126 Å². The number of benzene rings is 1. The molecule has 0 aliphatic carbocycles. The Morgan fingerprint density at radius 3 is 2.91 bits per heavy atom. The minimum absolute atomic E-state index is 0.204. The first-order chi connectivity index (χ1) is 10.8. The average molecular weight is 302 g/mol. The highest BCUT2D eigenvalue weighted by Crippen LogP contribution is 2.32. The molecule has 8 heteroatoms. The number of aromatic nitrogens is 3. The third kappa shape index (κ3) is 2.85. The van der Waals surface area contributed by atoms with Crippen molar-refractivity contribution in [3.05, 3.63) is 37.1 Å². The van der Waals surface area contributed by atoms with Gasteiger partial charge in [0.15, 0.2) is 17.2 Å². The third-order valence-corrected chi connectivity index (χ3v) is 2.98. The second-order valence-electron chi connectivity index (χ2n) is 4.36.